The lowest BCUT2D eigenvalue weighted by Crippen LogP contribution is -2.41. The highest BCUT2D eigenvalue weighted by atomic mass is 79.9. The van der Waals surface area contributed by atoms with Crippen LogP contribution in [0.25, 0.3) is 0 Å². The number of hydrogen-bond donors (Lipinski definition) is 0. The smallest absolute Gasteiger partial charge is 0.319 e. The number of hydrogen-bond acceptors (Lipinski definition) is 6. The summed E-state index contributed by atoms with van der Waals surface area (Å²) < 4.78 is 11.8. The van der Waals surface area contributed by atoms with Gasteiger partial charge in [-0.1, -0.05) is 0 Å². The zero-order valence-electron chi connectivity index (χ0n) is 12.6. The summed E-state index contributed by atoms with van der Waals surface area (Å²) in [5, 5.41) is 1.92. The van der Waals surface area contributed by atoms with Crippen molar-refractivity contribution in [3.63, 3.8) is 0 Å². The maximum Gasteiger partial charge on any atom is 0.319 e. The predicted octanol–water partition coefficient (Wildman–Crippen LogP) is 2.99. The number of halogens is 1. The average Bonchev–Trinajstić information content (AvgIpc) is 3.01. The number of aromatic nitrogens is 2. The van der Waals surface area contributed by atoms with Gasteiger partial charge < -0.3 is 14.4 Å². The molecule has 0 aromatic carbocycles. The van der Waals surface area contributed by atoms with Gasteiger partial charge in [0, 0.05) is 48.0 Å². The van der Waals surface area contributed by atoms with E-state index >= 15 is 0 Å². The lowest BCUT2D eigenvalue weighted by atomic mass is 10.1. The number of carbonyl (C=O) groups excluding carboxylic acids is 1. The molecular weight excluding hydrogens is 382 g/mol. The van der Waals surface area contributed by atoms with Crippen LogP contribution < -0.4 is 9.47 Å². The van der Waals surface area contributed by atoms with Crippen molar-refractivity contribution in [3.05, 3.63) is 33.1 Å². The molecule has 1 aliphatic rings. The molecule has 1 fully saturated rings. The minimum Gasteiger partial charge on any atom is -0.474 e. The van der Waals surface area contributed by atoms with E-state index in [9.17, 15) is 4.79 Å². The first-order valence-electron chi connectivity index (χ1n) is 7.22. The minimum atomic E-state index is 0.0497. The normalized spacial score (nSPS) is 15.5. The van der Waals surface area contributed by atoms with Crippen molar-refractivity contribution in [1.29, 1.82) is 0 Å². The molecule has 3 heterocycles. The summed E-state index contributed by atoms with van der Waals surface area (Å²) in [6.45, 7) is 1.36. The molecule has 0 aliphatic carbocycles. The predicted molar refractivity (Wildman–Crippen MR) is 90.2 cm³/mol. The van der Waals surface area contributed by atoms with Gasteiger partial charge in [0.25, 0.3) is 5.91 Å². The Labute approximate surface area is 146 Å². The summed E-state index contributed by atoms with van der Waals surface area (Å²) in [6, 6.07) is 3.87. The third kappa shape index (κ3) is 4.00. The van der Waals surface area contributed by atoms with E-state index in [1.165, 1.54) is 18.4 Å². The van der Waals surface area contributed by atoms with Crippen LogP contribution in [0.4, 0.5) is 0 Å². The molecule has 6 nitrogen and oxygen atoms in total. The van der Waals surface area contributed by atoms with Gasteiger partial charge in [0.2, 0.25) is 5.88 Å². The van der Waals surface area contributed by atoms with Crippen molar-refractivity contribution >= 4 is 33.2 Å². The van der Waals surface area contributed by atoms with E-state index in [1.807, 2.05) is 16.3 Å². The first kappa shape index (κ1) is 16.2. The second-order valence-electron chi connectivity index (χ2n) is 5.12. The lowest BCUT2D eigenvalue weighted by molar-refractivity contribution is 0.0591. The van der Waals surface area contributed by atoms with Gasteiger partial charge >= 0.3 is 6.01 Å². The maximum atomic E-state index is 12.4. The van der Waals surface area contributed by atoms with Gasteiger partial charge in [-0.25, -0.2) is 4.98 Å². The molecule has 8 heteroatoms. The third-order valence-corrected chi connectivity index (χ3v) is 5.26. The topological polar surface area (TPSA) is 64.6 Å². The van der Waals surface area contributed by atoms with Gasteiger partial charge in [0.15, 0.2) is 0 Å². The molecule has 0 saturated carbocycles. The molecule has 3 rings (SSSR count). The molecule has 1 aliphatic heterocycles. The molecule has 0 unspecified atom stereocenters. The zero-order valence-corrected chi connectivity index (χ0v) is 15.0. The Morgan fingerprint density at radius 3 is 2.87 bits per heavy atom. The van der Waals surface area contributed by atoms with Crippen LogP contribution in [0.15, 0.2) is 28.2 Å². The van der Waals surface area contributed by atoms with Crippen LogP contribution in [0.5, 0.6) is 11.9 Å². The number of ether oxygens (including phenoxy) is 2. The van der Waals surface area contributed by atoms with E-state index in [1.54, 1.807) is 12.3 Å². The summed E-state index contributed by atoms with van der Waals surface area (Å²) in [6.07, 6.45) is 3.22. The largest absolute Gasteiger partial charge is 0.474 e. The number of likely N-dealkylation sites (tertiary alicyclic amines) is 1. The molecular formula is C15H16BrN3O3S. The molecule has 23 heavy (non-hydrogen) atoms. The maximum absolute atomic E-state index is 12.4. The SMILES string of the molecule is COc1nccc(OC2CCN(C(=O)c3cc(Br)cs3)CC2)n1. The van der Waals surface area contributed by atoms with Crippen LogP contribution in [0, 0.1) is 0 Å². The Morgan fingerprint density at radius 1 is 1.43 bits per heavy atom. The second kappa shape index (κ2) is 7.27. The molecule has 2 aromatic heterocycles. The van der Waals surface area contributed by atoms with Crippen LogP contribution in [-0.2, 0) is 0 Å². The first-order chi connectivity index (χ1) is 11.2. The molecule has 0 N–H and O–H groups in total. The monoisotopic (exact) mass is 397 g/mol. The fraction of sp³-hybridized carbons (Fsp3) is 0.400. The van der Waals surface area contributed by atoms with Crippen LogP contribution in [-0.4, -0.2) is 47.1 Å². The Morgan fingerprint density at radius 2 is 2.22 bits per heavy atom. The summed E-state index contributed by atoms with van der Waals surface area (Å²) in [5.74, 6) is 0.590. The summed E-state index contributed by atoms with van der Waals surface area (Å²) in [7, 11) is 1.52. The van der Waals surface area contributed by atoms with Gasteiger partial charge in [0.05, 0.1) is 12.0 Å². The molecule has 0 bridgehead atoms. The van der Waals surface area contributed by atoms with Crippen LogP contribution in [0.2, 0.25) is 0 Å². The number of piperidine rings is 1. The van der Waals surface area contributed by atoms with Crippen molar-refractivity contribution in [2.75, 3.05) is 20.2 Å². The summed E-state index contributed by atoms with van der Waals surface area (Å²) in [4.78, 5) is 23.1. The van der Waals surface area contributed by atoms with E-state index in [0.717, 1.165) is 22.2 Å². The van der Waals surface area contributed by atoms with Gasteiger partial charge in [-0.2, -0.15) is 4.98 Å². The van der Waals surface area contributed by atoms with E-state index in [-0.39, 0.29) is 12.0 Å². The first-order valence-corrected chi connectivity index (χ1v) is 8.90. The number of nitrogens with zero attached hydrogens (tertiary/aromatic N) is 3. The molecule has 0 atom stereocenters. The number of thiophene rings is 1. The molecule has 1 amide bonds. The highest BCUT2D eigenvalue weighted by Gasteiger charge is 2.25. The third-order valence-electron chi connectivity index (χ3n) is 3.59. The summed E-state index contributed by atoms with van der Waals surface area (Å²) >= 11 is 4.84. The van der Waals surface area contributed by atoms with Crippen LogP contribution in [0.1, 0.15) is 22.5 Å². The number of amides is 1. The Kier molecular flexibility index (Phi) is 5.12. The Hall–Kier alpha value is -1.67. The number of rotatable bonds is 4. The second-order valence-corrected chi connectivity index (χ2v) is 6.95. The fourth-order valence-electron chi connectivity index (χ4n) is 2.42. The van der Waals surface area contributed by atoms with Crippen LogP contribution >= 0.6 is 27.3 Å². The molecule has 1 saturated heterocycles. The fourth-order valence-corrected chi connectivity index (χ4v) is 3.81. The van der Waals surface area contributed by atoms with Gasteiger partial charge in [-0.15, -0.1) is 11.3 Å². The quantitative estimate of drug-likeness (QED) is 0.793. The van der Waals surface area contributed by atoms with E-state index in [0.29, 0.717) is 25.0 Å². The Bertz CT molecular complexity index is 686. The summed E-state index contributed by atoms with van der Waals surface area (Å²) in [5.41, 5.74) is 0. The van der Waals surface area contributed by atoms with Crippen molar-refractivity contribution in [2.45, 2.75) is 18.9 Å². The standard InChI is InChI=1S/C15H16BrN3O3S/c1-21-15-17-5-2-13(18-15)22-11-3-6-19(7-4-11)14(20)12-8-10(16)9-23-12/h2,5,8-9,11H,3-4,6-7H2,1H3. The Balaban J connectivity index is 1.55. The van der Waals surface area contributed by atoms with E-state index in [2.05, 4.69) is 25.9 Å². The molecule has 2 aromatic rings. The van der Waals surface area contributed by atoms with Crippen LogP contribution in [0.3, 0.4) is 0 Å². The van der Waals surface area contributed by atoms with Crippen molar-refractivity contribution in [2.24, 2.45) is 0 Å². The van der Waals surface area contributed by atoms with E-state index < -0.39 is 0 Å². The number of carbonyl (C=O) groups is 1. The van der Waals surface area contributed by atoms with Crippen molar-refractivity contribution in [1.82, 2.24) is 14.9 Å². The van der Waals surface area contributed by atoms with Gasteiger partial charge in [-0.3, -0.25) is 4.79 Å². The highest BCUT2D eigenvalue weighted by Crippen LogP contribution is 2.24. The van der Waals surface area contributed by atoms with Gasteiger partial charge in [0.1, 0.15) is 6.10 Å². The molecule has 0 spiro atoms. The average molecular weight is 398 g/mol. The van der Waals surface area contributed by atoms with Gasteiger partial charge in [-0.05, 0) is 22.0 Å². The minimum absolute atomic E-state index is 0.0497. The van der Waals surface area contributed by atoms with E-state index in [4.69, 9.17) is 9.47 Å². The zero-order chi connectivity index (χ0) is 16.2. The molecule has 0 radical (unpaired) electrons. The lowest BCUT2D eigenvalue weighted by Gasteiger charge is -2.31. The van der Waals surface area contributed by atoms with Crippen molar-refractivity contribution in [3.8, 4) is 11.9 Å². The molecule has 122 valence electrons. The highest BCUT2D eigenvalue weighted by molar-refractivity contribution is 9.10. The number of methoxy groups -OCH3 is 1. The van der Waals surface area contributed by atoms with Crippen molar-refractivity contribution < 1.29 is 14.3 Å².